The maximum absolute atomic E-state index is 12.4. The summed E-state index contributed by atoms with van der Waals surface area (Å²) in [5.74, 6) is -0.682. The van der Waals surface area contributed by atoms with Gasteiger partial charge < -0.3 is 14.4 Å². The Morgan fingerprint density at radius 1 is 0.806 bits per heavy atom. The lowest BCUT2D eigenvalue weighted by Gasteiger charge is -2.21. The molecule has 1 amide bonds. The lowest BCUT2D eigenvalue weighted by Crippen LogP contribution is -2.38. The summed E-state index contributed by atoms with van der Waals surface area (Å²) in [5, 5.41) is 0. The predicted octanol–water partition coefficient (Wildman–Crippen LogP) is 3.89. The van der Waals surface area contributed by atoms with E-state index in [0.717, 1.165) is 0 Å². The molecule has 1 unspecified atom stereocenters. The van der Waals surface area contributed by atoms with Crippen LogP contribution in [0.5, 0.6) is 5.75 Å². The molecule has 3 aromatic carbocycles. The molecular formula is C25H23NO5. The number of amides is 1. The smallest absolute Gasteiger partial charge is 0.344 e. The number of nitrogens with zero attached hydrogens (tertiary/aromatic N) is 1. The van der Waals surface area contributed by atoms with E-state index >= 15 is 0 Å². The zero-order valence-electron chi connectivity index (χ0n) is 17.4. The van der Waals surface area contributed by atoms with Crippen molar-refractivity contribution in [3.63, 3.8) is 0 Å². The molecule has 0 bridgehead atoms. The highest BCUT2D eigenvalue weighted by atomic mass is 16.6. The summed E-state index contributed by atoms with van der Waals surface area (Å²) in [7, 11) is 1.62. The third-order valence-electron chi connectivity index (χ3n) is 4.64. The van der Waals surface area contributed by atoms with Gasteiger partial charge in [-0.15, -0.1) is 0 Å². The van der Waals surface area contributed by atoms with E-state index in [-0.39, 0.29) is 18.3 Å². The van der Waals surface area contributed by atoms with E-state index in [2.05, 4.69) is 0 Å². The molecule has 158 valence electrons. The maximum Gasteiger partial charge on any atom is 0.344 e. The summed E-state index contributed by atoms with van der Waals surface area (Å²) < 4.78 is 10.6. The molecule has 0 saturated heterocycles. The summed E-state index contributed by atoms with van der Waals surface area (Å²) in [6.45, 7) is 1.17. The average molecular weight is 417 g/mol. The number of carbonyl (C=O) groups is 3. The lowest BCUT2D eigenvalue weighted by atomic mass is 10.0. The number of esters is 1. The number of benzene rings is 3. The number of ketones is 1. The normalized spacial score (nSPS) is 11.3. The summed E-state index contributed by atoms with van der Waals surface area (Å²) in [5.41, 5.74) is 1.82. The number of ether oxygens (including phenoxy) is 2. The highest BCUT2D eigenvalue weighted by Gasteiger charge is 2.22. The van der Waals surface area contributed by atoms with Crippen LogP contribution in [-0.4, -0.2) is 37.4 Å². The number of para-hydroxylation sites is 1. The minimum Gasteiger partial charge on any atom is -0.482 e. The molecule has 0 aliphatic carbocycles. The number of hydrogen-bond acceptors (Lipinski definition) is 5. The number of carbonyl (C=O) groups excluding carboxylic acids is 3. The number of anilines is 1. The van der Waals surface area contributed by atoms with Crippen LogP contribution in [0, 0.1) is 0 Å². The molecule has 0 spiro atoms. The Morgan fingerprint density at radius 3 is 1.97 bits per heavy atom. The van der Waals surface area contributed by atoms with Crippen molar-refractivity contribution in [1.29, 1.82) is 0 Å². The molecule has 0 aromatic heterocycles. The predicted molar refractivity (Wildman–Crippen MR) is 117 cm³/mol. The van der Waals surface area contributed by atoms with Gasteiger partial charge in [0.1, 0.15) is 5.75 Å². The molecule has 3 rings (SSSR count). The van der Waals surface area contributed by atoms with Gasteiger partial charge in [0.15, 0.2) is 18.5 Å². The summed E-state index contributed by atoms with van der Waals surface area (Å²) in [6.07, 6.45) is -0.952. The SMILES string of the molecule is CC(OC(=O)COc1ccc(C(=O)c2ccccc2)cc1)C(=O)N(C)c1ccccc1. The Kier molecular flexibility index (Phi) is 7.17. The van der Waals surface area contributed by atoms with E-state index in [1.54, 1.807) is 67.7 Å². The van der Waals surface area contributed by atoms with E-state index in [0.29, 0.717) is 22.6 Å². The zero-order valence-corrected chi connectivity index (χ0v) is 17.4. The first-order chi connectivity index (χ1) is 15.0. The van der Waals surface area contributed by atoms with E-state index in [9.17, 15) is 14.4 Å². The average Bonchev–Trinajstić information content (AvgIpc) is 2.82. The first-order valence-electron chi connectivity index (χ1n) is 9.80. The van der Waals surface area contributed by atoms with Crippen LogP contribution in [0.15, 0.2) is 84.9 Å². The molecule has 0 saturated carbocycles. The van der Waals surface area contributed by atoms with E-state index in [4.69, 9.17) is 9.47 Å². The first-order valence-corrected chi connectivity index (χ1v) is 9.80. The maximum atomic E-state index is 12.4. The molecule has 6 heteroatoms. The van der Waals surface area contributed by atoms with Gasteiger partial charge in [0, 0.05) is 23.9 Å². The van der Waals surface area contributed by atoms with Crippen molar-refractivity contribution in [3.05, 3.63) is 96.1 Å². The first kappa shape index (κ1) is 21.8. The summed E-state index contributed by atoms with van der Waals surface area (Å²) >= 11 is 0. The zero-order chi connectivity index (χ0) is 22.2. The molecule has 0 heterocycles. The topological polar surface area (TPSA) is 72.9 Å². The fourth-order valence-electron chi connectivity index (χ4n) is 2.93. The third-order valence-corrected chi connectivity index (χ3v) is 4.64. The summed E-state index contributed by atoms with van der Waals surface area (Å²) in [4.78, 5) is 38.4. The van der Waals surface area contributed by atoms with Crippen molar-refractivity contribution < 1.29 is 23.9 Å². The molecule has 0 N–H and O–H groups in total. The van der Waals surface area contributed by atoms with Crippen LogP contribution in [-0.2, 0) is 14.3 Å². The lowest BCUT2D eigenvalue weighted by molar-refractivity contribution is -0.155. The quantitative estimate of drug-likeness (QED) is 0.411. The molecule has 0 radical (unpaired) electrons. The van der Waals surface area contributed by atoms with Gasteiger partial charge in [0.2, 0.25) is 0 Å². The van der Waals surface area contributed by atoms with Gasteiger partial charge in [-0.25, -0.2) is 4.79 Å². The van der Waals surface area contributed by atoms with Gasteiger partial charge in [-0.05, 0) is 43.3 Å². The second-order valence-corrected chi connectivity index (χ2v) is 6.87. The van der Waals surface area contributed by atoms with Crippen LogP contribution >= 0.6 is 0 Å². The standard InChI is InChI=1S/C25H23NO5/c1-18(25(29)26(2)21-11-7-4-8-12-21)31-23(27)17-30-22-15-13-20(14-16-22)24(28)19-9-5-3-6-10-19/h3-16,18H,17H2,1-2H3. The van der Waals surface area contributed by atoms with Crippen molar-refractivity contribution in [2.75, 3.05) is 18.6 Å². The van der Waals surface area contributed by atoms with Gasteiger partial charge in [-0.3, -0.25) is 9.59 Å². The minimum atomic E-state index is -0.952. The fraction of sp³-hybridized carbons (Fsp3) is 0.160. The second-order valence-electron chi connectivity index (χ2n) is 6.87. The van der Waals surface area contributed by atoms with E-state index in [1.165, 1.54) is 11.8 Å². The number of likely N-dealkylation sites (N-methyl/N-ethyl adjacent to an activating group) is 1. The van der Waals surface area contributed by atoms with Crippen molar-refractivity contribution in [2.45, 2.75) is 13.0 Å². The molecular weight excluding hydrogens is 394 g/mol. The van der Waals surface area contributed by atoms with Crippen LogP contribution in [0.3, 0.4) is 0 Å². The van der Waals surface area contributed by atoms with Crippen molar-refractivity contribution in [1.82, 2.24) is 0 Å². The molecule has 0 aliphatic rings. The van der Waals surface area contributed by atoms with Crippen LogP contribution in [0.4, 0.5) is 5.69 Å². The van der Waals surface area contributed by atoms with Gasteiger partial charge in [-0.1, -0.05) is 48.5 Å². The third kappa shape index (κ3) is 5.79. The van der Waals surface area contributed by atoms with Crippen molar-refractivity contribution in [3.8, 4) is 5.75 Å². The number of rotatable bonds is 8. The Morgan fingerprint density at radius 2 is 1.35 bits per heavy atom. The number of hydrogen-bond donors (Lipinski definition) is 0. The molecule has 6 nitrogen and oxygen atoms in total. The molecule has 0 aliphatic heterocycles. The Labute approximate surface area is 181 Å². The molecule has 3 aromatic rings. The van der Waals surface area contributed by atoms with Crippen LogP contribution in [0.25, 0.3) is 0 Å². The van der Waals surface area contributed by atoms with Crippen molar-refractivity contribution >= 4 is 23.3 Å². The van der Waals surface area contributed by atoms with E-state index < -0.39 is 12.1 Å². The van der Waals surface area contributed by atoms with Crippen LogP contribution < -0.4 is 9.64 Å². The van der Waals surface area contributed by atoms with E-state index in [1.807, 2.05) is 24.3 Å². The second kappa shape index (κ2) is 10.2. The molecule has 1 atom stereocenters. The Balaban J connectivity index is 1.50. The van der Waals surface area contributed by atoms with Crippen molar-refractivity contribution in [2.24, 2.45) is 0 Å². The Hall–Kier alpha value is -3.93. The van der Waals surface area contributed by atoms with Gasteiger partial charge in [-0.2, -0.15) is 0 Å². The van der Waals surface area contributed by atoms with Gasteiger partial charge in [0.05, 0.1) is 0 Å². The van der Waals surface area contributed by atoms with Crippen LogP contribution in [0.2, 0.25) is 0 Å². The van der Waals surface area contributed by atoms with Gasteiger partial charge in [0.25, 0.3) is 5.91 Å². The highest BCUT2D eigenvalue weighted by Crippen LogP contribution is 2.16. The van der Waals surface area contributed by atoms with Crippen LogP contribution in [0.1, 0.15) is 22.8 Å². The minimum absolute atomic E-state index is 0.0959. The monoisotopic (exact) mass is 417 g/mol. The largest absolute Gasteiger partial charge is 0.482 e. The molecule has 0 fully saturated rings. The van der Waals surface area contributed by atoms with Gasteiger partial charge >= 0.3 is 5.97 Å². The summed E-state index contributed by atoms with van der Waals surface area (Å²) in [6, 6.07) is 24.5. The Bertz CT molecular complexity index is 1030. The molecule has 31 heavy (non-hydrogen) atoms. The highest BCUT2D eigenvalue weighted by molar-refractivity contribution is 6.09. The fourth-order valence-corrected chi connectivity index (χ4v) is 2.93.